The third kappa shape index (κ3) is 3.35. The summed E-state index contributed by atoms with van der Waals surface area (Å²) in [5.74, 6) is 1.03. The second-order valence-electron chi connectivity index (χ2n) is 6.39. The van der Waals surface area contributed by atoms with Gasteiger partial charge in [0.2, 0.25) is 0 Å². The number of aryl methyl sites for hydroxylation is 1. The SMILES string of the molecule is Cn1ccnc1-c1ccccc1C(=O)CCC(C)(C)C. The second-order valence-corrected chi connectivity index (χ2v) is 6.39. The Labute approximate surface area is 120 Å². The van der Waals surface area contributed by atoms with Gasteiger partial charge in [0.05, 0.1) is 0 Å². The Kier molecular flexibility index (Phi) is 4.07. The van der Waals surface area contributed by atoms with Crippen molar-refractivity contribution in [1.29, 1.82) is 0 Å². The van der Waals surface area contributed by atoms with Crippen molar-refractivity contribution < 1.29 is 4.79 Å². The van der Waals surface area contributed by atoms with Crippen molar-refractivity contribution in [3.63, 3.8) is 0 Å². The number of ketones is 1. The van der Waals surface area contributed by atoms with E-state index >= 15 is 0 Å². The lowest BCUT2D eigenvalue weighted by molar-refractivity contribution is 0.0966. The van der Waals surface area contributed by atoms with Gasteiger partial charge in [-0.1, -0.05) is 45.0 Å². The van der Waals surface area contributed by atoms with E-state index in [1.807, 2.05) is 42.1 Å². The fourth-order valence-electron chi connectivity index (χ4n) is 2.17. The van der Waals surface area contributed by atoms with Crippen molar-refractivity contribution in [2.75, 3.05) is 0 Å². The molecule has 0 N–H and O–H groups in total. The standard InChI is InChI=1S/C17H22N2O/c1-17(2,3)10-9-15(20)13-7-5-6-8-14(13)16-18-11-12-19(16)4/h5-8,11-12H,9-10H2,1-4H3. The van der Waals surface area contributed by atoms with E-state index in [9.17, 15) is 4.79 Å². The molecule has 2 aromatic rings. The van der Waals surface area contributed by atoms with Crippen molar-refractivity contribution in [1.82, 2.24) is 9.55 Å². The van der Waals surface area contributed by atoms with Crippen molar-refractivity contribution in [2.45, 2.75) is 33.6 Å². The summed E-state index contributed by atoms with van der Waals surface area (Å²) in [4.78, 5) is 16.8. The fraction of sp³-hybridized carbons (Fsp3) is 0.412. The maximum Gasteiger partial charge on any atom is 0.163 e. The summed E-state index contributed by atoms with van der Waals surface area (Å²) in [7, 11) is 1.94. The van der Waals surface area contributed by atoms with Crippen LogP contribution in [0.1, 0.15) is 44.0 Å². The molecule has 0 amide bonds. The summed E-state index contributed by atoms with van der Waals surface area (Å²) in [5.41, 5.74) is 1.86. The molecule has 0 aliphatic heterocycles. The van der Waals surface area contributed by atoms with Crippen molar-refractivity contribution in [3.05, 3.63) is 42.2 Å². The van der Waals surface area contributed by atoms with Gasteiger partial charge in [0.1, 0.15) is 5.82 Å². The Balaban J connectivity index is 2.29. The highest BCUT2D eigenvalue weighted by molar-refractivity contribution is 6.01. The van der Waals surface area contributed by atoms with Crippen LogP contribution < -0.4 is 0 Å². The van der Waals surface area contributed by atoms with E-state index < -0.39 is 0 Å². The Morgan fingerprint density at radius 3 is 2.55 bits per heavy atom. The molecule has 0 saturated heterocycles. The Bertz CT molecular complexity index is 605. The van der Waals surface area contributed by atoms with Gasteiger partial charge in [0.15, 0.2) is 5.78 Å². The van der Waals surface area contributed by atoms with Gasteiger partial charge in [-0.25, -0.2) is 4.98 Å². The number of hydrogen-bond donors (Lipinski definition) is 0. The largest absolute Gasteiger partial charge is 0.334 e. The molecule has 0 saturated carbocycles. The topological polar surface area (TPSA) is 34.9 Å². The number of rotatable bonds is 4. The third-order valence-electron chi connectivity index (χ3n) is 3.39. The first-order valence-electron chi connectivity index (χ1n) is 6.98. The highest BCUT2D eigenvalue weighted by atomic mass is 16.1. The first-order chi connectivity index (χ1) is 9.38. The first-order valence-corrected chi connectivity index (χ1v) is 6.98. The molecule has 0 aliphatic rings. The molecule has 2 rings (SSSR count). The number of hydrogen-bond acceptors (Lipinski definition) is 2. The highest BCUT2D eigenvalue weighted by Crippen LogP contribution is 2.26. The zero-order chi connectivity index (χ0) is 14.8. The molecule has 0 unspecified atom stereocenters. The summed E-state index contributed by atoms with van der Waals surface area (Å²) >= 11 is 0. The second kappa shape index (κ2) is 5.61. The van der Waals surface area contributed by atoms with E-state index in [4.69, 9.17) is 0 Å². The molecule has 0 spiro atoms. The quantitative estimate of drug-likeness (QED) is 0.784. The minimum absolute atomic E-state index is 0.174. The highest BCUT2D eigenvalue weighted by Gasteiger charge is 2.18. The number of carbonyl (C=O) groups excluding carboxylic acids is 1. The van der Waals surface area contributed by atoms with Crippen LogP contribution in [0.2, 0.25) is 0 Å². The predicted octanol–water partition coefficient (Wildman–Crippen LogP) is 4.10. The van der Waals surface area contributed by atoms with Crippen LogP contribution in [0.25, 0.3) is 11.4 Å². The minimum atomic E-state index is 0.174. The van der Waals surface area contributed by atoms with Crippen molar-refractivity contribution in [2.24, 2.45) is 12.5 Å². The van der Waals surface area contributed by atoms with E-state index in [2.05, 4.69) is 25.8 Å². The zero-order valence-corrected chi connectivity index (χ0v) is 12.7. The van der Waals surface area contributed by atoms with Gasteiger partial charge in [0, 0.05) is 37.0 Å². The molecule has 1 aromatic carbocycles. The van der Waals surface area contributed by atoms with Crippen LogP contribution in [-0.4, -0.2) is 15.3 Å². The average molecular weight is 270 g/mol. The minimum Gasteiger partial charge on any atom is -0.334 e. The van der Waals surface area contributed by atoms with Crippen LogP contribution in [-0.2, 0) is 7.05 Å². The van der Waals surface area contributed by atoms with Gasteiger partial charge < -0.3 is 4.57 Å². The van der Waals surface area contributed by atoms with Gasteiger partial charge in [-0.3, -0.25) is 4.79 Å². The van der Waals surface area contributed by atoms with E-state index in [1.54, 1.807) is 6.20 Å². The van der Waals surface area contributed by atoms with Gasteiger partial charge in [0.25, 0.3) is 0 Å². The summed E-state index contributed by atoms with van der Waals surface area (Å²) in [6.07, 6.45) is 5.11. The lowest BCUT2D eigenvalue weighted by Gasteiger charge is -2.17. The van der Waals surface area contributed by atoms with Crippen LogP contribution in [0.5, 0.6) is 0 Å². The van der Waals surface area contributed by atoms with Gasteiger partial charge in [-0.05, 0) is 11.8 Å². The normalized spacial score (nSPS) is 11.6. The molecule has 0 atom stereocenters. The summed E-state index contributed by atoms with van der Waals surface area (Å²) < 4.78 is 1.94. The maximum absolute atomic E-state index is 12.5. The molecule has 1 heterocycles. The summed E-state index contributed by atoms with van der Waals surface area (Å²) in [6.45, 7) is 6.47. The first kappa shape index (κ1) is 14.5. The number of benzene rings is 1. The molecule has 3 nitrogen and oxygen atoms in total. The molecule has 1 aromatic heterocycles. The maximum atomic E-state index is 12.5. The smallest absolute Gasteiger partial charge is 0.163 e. The molecular formula is C17H22N2O. The van der Waals surface area contributed by atoms with Crippen molar-refractivity contribution in [3.8, 4) is 11.4 Å². The van der Waals surface area contributed by atoms with E-state index in [0.29, 0.717) is 6.42 Å². The Hall–Kier alpha value is -1.90. The molecule has 0 radical (unpaired) electrons. The molecule has 3 heteroatoms. The fourth-order valence-corrected chi connectivity index (χ4v) is 2.17. The van der Waals surface area contributed by atoms with Crippen LogP contribution >= 0.6 is 0 Å². The summed E-state index contributed by atoms with van der Waals surface area (Å²) in [5, 5.41) is 0. The van der Waals surface area contributed by atoms with E-state index in [-0.39, 0.29) is 11.2 Å². The average Bonchev–Trinajstić information content (AvgIpc) is 2.81. The molecule has 0 aliphatic carbocycles. The van der Waals surface area contributed by atoms with Crippen LogP contribution in [0.15, 0.2) is 36.7 Å². The molecule has 0 fully saturated rings. The molecule has 20 heavy (non-hydrogen) atoms. The number of imidazole rings is 1. The molecule has 0 bridgehead atoms. The van der Waals surface area contributed by atoms with Gasteiger partial charge in [-0.2, -0.15) is 0 Å². The lowest BCUT2D eigenvalue weighted by atomic mass is 9.88. The summed E-state index contributed by atoms with van der Waals surface area (Å²) in [6, 6.07) is 7.73. The number of Topliss-reactive ketones (excluding diaryl/α,β-unsaturated/α-hetero) is 1. The Morgan fingerprint density at radius 1 is 1.25 bits per heavy atom. The lowest BCUT2D eigenvalue weighted by Crippen LogP contribution is -2.10. The number of aromatic nitrogens is 2. The van der Waals surface area contributed by atoms with Gasteiger partial charge in [-0.15, -0.1) is 0 Å². The number of carbonyl (C=O) groups is 1. The number of nitrogens with zero attached hydrogens (tertiary/aromatic N) is 2. The van der Waals surface area contributed by atoms with Crippen molar-refractivity contribution >= 4 is 5.78 Å². The monoisotopic (exact) mass is 270 g/mol. The molecular weight excluding hydrogens is 248 g/mol. The van der Waals surface area contributed by atoms with E-state index in [1.165, 1.54) is 0 Å². The van der Waals surface area contributed by atoms with Crippen LogP contribution in [0.4, 0.5) is 0 Å². The van der Waals surface area contributed by atoms with Crippen LogP contribution in [0, 0.1) is 5.41 Å². The van der Waals surface area contributed by atoms with Gasteiger partial charge >= 0.3 is 0 Å². The Morgan fingerprint density at radius 2 is 1.95 bits per heavy atom. The van der Waals surface area contributed by atoms with Crippen LogP contribution in [0.3, 0.4) is 0 Å². The third-order valence-corrected chi connectivity index (χ3v) is 3.39. The predicted molar refractivity (Wildman–Crippen MR) is 81.7 cm³/mol. The molecule has 106 valence electrons. The zero-order valence-electron chi connectivity index (χ0n) is 12.7. The van der Waals surface area contributed by atoms with E-state index in [0.717, 1.165) is 23.4 Å².